The van der Waals surface area contributed by atoms with E-state index in [0.29, 0.717) is 11.0 Å². The molecule has 40 heavy (non-hydrogen) atoms. The summed E-state index contributed by atoms with van der Waals surface area (Å²) in [6.45, 7) is 0.210. The van der Waals surface area contributed by atoms with E-state index in [1.807, 2.05) is 0 Å². The molecule has 13 heteroatoms. The van der Waals surface area contributed by atoms with Crippen molar-refractivity contribution in [1.29, 1.82) is 0 Å². The van der Waals surface area contributed by atoms with E-state index in [4.69, 9.17) is 10.4 Å². The highest BCUT2D eigenvalue weighted by Gasteiger charge is 2.60. The Morgan fingerprint density at radius 2 is 1.80 bits per heavy atom. The molecule has 4 aliphatic rings. The monoisotopic (exact) mass is 546 g/mol. The average Bonchev–Trinajstić information content (AvgIpc) is 3.27. The van der Waals surface area contributed by atoms with Crippen LogP contribution in [-0.4, -0.2) is 61.6 Å². The number of nitrogens with two attached hydrogens (primary N) is 1. The molecule has 0 spiro atoms. The number of hydrogen-bond acceptors (Lipinski definition) is 10. The summed E-state index contributed by atoms with van der Waals surface area (Å²) in [5.41, 5.74) is 3.02. The van der Waals surface area contributed by atoms with Crippen molar-refractivity contribution < 1.29 is 49.3 Å². The Balaban J connectivity index is 1.37. The minimum atomic E-state index is -2.65. The fourth-order valence-electron chi connectivity index (χ4n) is 6.25. The Morgan fingerprint density at radius 1 is 1.07 bits per heavy atom. The van der Waals surface area contributed by atoms with Gasteiger partial charge in [0, 0.05) is 23.5 Å². The summed E-state index contributed by atoms with van der Waals surface area (Å²) in [6.07, 6.45) is -0.223. The maximum absolute atomic E-state index is 13.6. The van der Waals surface area contributed by atoms with Crippen LogP contribution in [0.5, 0.6) is 5.75 Å². The van der Waals surface area contributed by atoms with Crippen molar-refractivity contribution in [3.8, 4) is 5.75 Å². The summed E-state index contributed by atoms with van der Waals surface area (Å²) in [7, 11) is -1.16. The number of aromatic hydroxyl groups is 1. The molecule has 1 fully saturated rings. The minimum absolute atomic E-state index is 0.0239. The molecule has 3 atom stereocenters. The molecule has 6 rings (SSSR count). The maximum atomic E-state index is 13.6. The number of phenolic OH excluding ortho intramolecular Hbond substituents is 1. The van der Waals surface area contributed by atoms with Gasteiger partial charge in [-0.3, -0.25) is 19.2 Å². The van der Waals surface area contributed by atoms with Gasteiger partial charge in [0.2, 0.25) is 5.78 Å². The van der Waals surface area contributed by atoms with E-state index in [2.05, 4.69) is 5.32 Å². The molecule has 0 saturated heterocycles. The van der Waals surface area contributed by atoms with Crippen LogP contribution in [0.25, 0.3) is 5.76 Å². The second kappa shape index (κ2) is 8.78. The second-order valence-electron chi connectivity index (χ2n) is 10.4. The molecule has 1 aliphatic heterocycles. The Morgan fingerprint density at radius 3 is 2.52 bits per heavy atom. The van der Waals surface area contributed by atoms with Crippen molar-refractivity contribution in [3.05, 3.63) is 69.5 Å². The van der Waals surface area contributed by atoms with E-state index in [-0.39, 0.29) is 41.8 Å². The zero-order chi connectivity index (χ0) is 28.7. The number of aliphatic hydroxyl groups is 3. The topological polar surface area (TPSA) is 217 Å². The SMILES string of the molecule is NC(=O)C1=C(O)[C@@]2(O)C(=O)C3=C(O)c4c(ccc(NC(=O)c5ccc6c(c5)B(O)OC6)c4O)CC3C[C@H]2CC1=O. The Kier molecular flexibility index (Phi) is 5.66. The van der Waals surface area contributed by atoms with Gasteiger partial charge in [-0.25, -0.2) is 0 Å². The molecular weight excluding hydrogens is 523 g/mol. The number of hydrogen-bond donors (Lipinski definition) is 7. The molecule has 1 heterocycles. The molecule has 1 unspecified atom stereocenters. The fraction of sp³-hybridized carbons (Fsp3) is 0.259. The average molecular weight is 546 g/mol. The van der Waals surface area contributed by atoms with Crippen molar-refractivity contribution in [2.75, 3.05) is 5.32 Å². The fourth-order valence-corrected chi connectivity index (χ4v) is 6.25. The number of Topliss-reactive ketones (excluding diaryl/α,β-unsaturated/α-hetero) is 2. The van der Waals surface area contributed by atoms with Gasteiger partial charge in [0.15, 0.2) is 11.4 Å². The lowest BCUT2D eigenvalue weighted by Crippen LogP contribution is -2.58. The van der Waals surface area contributed by atoms with Gasteiger partial charge in [0.1, 0.15) is 22.8 Å². The first kappa shape index (κ1) is 25.8. The van der Waals surface area contributed by atoms with Crippen LogP contribution in [0.1, 0.15) is 39.9 Å². The minimum Gasteiger partial charge on any atom is -0.508 e. The summed E-state index contributed by atoms with van der Waals surface area (Å²) >= 11 is 0. The van der Waals surface area contributed by atoms with E-state index in [9.17, 15) is 44.6 Å². The molecule has 2 aromatic carbocycles. The summed E-state index contributed by atoms with van der Waals surface area (Å²) in [5.74, 6) is -7.84. The Hall–Kier alpha value is -4.46. The largest absolute Gasteiger partial charge is 0.508 e. The summed E-state index contributed by atoms with van der Waals surface area (Å²) in [5, 5.41) is 56.7. The highest BCUT2D eigenvalue weighted by molar-refractivity contribution is 6.61. The van der Waals surface area contributed by atoms with Gasteiger partial charge in [-0.1, -0.05) is 12.1 Å². The number of primary amides is 1. The molecule has 1 saturated carbocycles. The Labute approximate surface area is 226 Å². The van der Waals surface area contributed by atoms with Crippen LogP contribution in [0.4, 0.5) is 5.69 Å². The van der Waals surface area contributed by atoms with Gasteiger partial charge >= 0.3 is 7.12 Å². The maximum Gasteiger partial charge on any atom is 0.491 e. The van der Waals surface area contributed by atoms with Crippen LogP contribution < -0.4 is 16.5 Å². The van der Waals surface area contributed by atoms with Crippen LogP contribution in [0.3, 0.4) is 0 Å². The van der Waals surface area contributed by atoms with Gasteiger partial charge < -0.3 is 41.2 Å². The zero-order valence-corrected chi connectivity index (χ0v) is 20.8. The predicted molar refractivity (Wildman–Crippen MR) is 138 cm³/mol. The number of rotatable bonds is 3. The predicted octanol–water partition coefficient (Wildman–Crippen LogP) is -0.106. The van der Waals surface area contributed by atoms with Crippen molar-refractivity contribution in [2.24, 2.45) is 17.6 Å². The molecule has 0 bridgehead atoms. The third kappa shape index (κ3) is 3.51. The standard InChI is InChI=1S/C27H23BN2O10/c29-25(36)20-17(31)8-14-6-13-5-10-3-4-16(30-26(37)11-1-2-12-9-40-28(39)15(12)7-11)21(32)18(10)22(33)19(13)23(34)27(14,38)24(20)35/h1-4,7,13-14,32-33,35,38-39H,5-6,8-9H2,(H2,29,36)(H,30,37)/t13?,14-,27-/m0/s1. The molecular formula is C27H23BN2O10. The van der Waals surface area contributed by atoms with E-state index >= 15 is 0 Å². The van der Waals surface area contributed by atoms with Gasteiger partial charge in [-0.2, -0.15) is 0 Å². The van der Waals surface area contributed by atoms with Crippen LogP contribution in [0, 0.1) is 11.8 Å². The van der Waals surface area contributed by atoms with Crippen LogP contribution in [0.15, 0.2) is 47.2 Å². The highest BCUT2D eigenvalue weighted by atomic mass is 16.5. The number of carbonyl (C=O) groups is 4. The molecule has 2 aromatic rings. The number of nitrogens with one attached hydrogen (secondary N) is 1. The smallest absolute Gasteiger partial charge is 0.491 e. The van der Waals surface area contributed by atoms with Crippen molar-refractivity contribution >= 4 is 47.4 Å². The van der Waals surface area contributed by atoms with Crippen LogP contribution in [0.2, 0.25) is 0 Å². The third-order valence-electron chi connectivity index (χ3n) is 8.26. The lowest BCUT2D eigenvalue weighted by molar-refractivity contribution is -0.147. The summed E-state index contributed by atoms with van der Waals surface area (Å²) in [6, 6.07) is 7.64. The van der Waals surface area contributed by atoms with Crippen molar-refractivity contribution in [3.63, 3.8) is 0 Å². The Bertz CT molecular complexity index is 1630. The second-order valence-corrected chi connectivity index (χ2v) is 10.4. The lowest BCUT2D eigenvalue weighted by atomic mass is 9.59. The van der Waals surface area contributed by atoms with Gasteiger partial charge in [0.05, 0.1) is 17.9 Å². The van der Waals surface area contributed by atoms with E-state index in [1.54, 1.807) is 12.1 Å². The first-order chi connectivity index (χ1) is 18.9. The van der Waals surface area contributed by atoms with Crippen molar-refractivity contribution in [2.45, 2.75) is 31.5 Å². The number of carbonyl (C=O) groups excluding carboxylic acids is 4. The highest BCUT2D eigenvalue weighted by Crippen LogP contribution is 2.52. The number of fused-ring (bicyclic) bond motifs is 4. The normalized spacial score (nSPS) is 25.3. The van der Waals surface area contributed by atoms with E-state index in [1.165, 1.54) is 18.2 Å². The molecule has 0 radical (unpaired) electrons. The van der Waals surface area contributed by atoms with Crippen molar-refractivity contribution in [1.82, 2.24) is 0 Å². The third-order valence-corrected chi connectivity index (χ3v) is 8.26. The molecule has 3 aliphatic carbocycles. The number of anilines is 1. The molecule has 12 nitrogen and oxygen atoms in total. The first-order valence-electron chi connectivity index (χ1n) is 12.5. The summed E-state index contributed by atoms with van der Waals surface area (Å²) < 4.78 is 5.14. The molecule has 2 amide bonds. The number of phenols is 1. The van der Waals surface area contributed by atoms with Gasteiger partial charge in [-0.15, -0.1) is 0 Å². The zero-order valence-electron chi connectivity index (χ0n) is 20.8. The number of benzene rings is 2. The lowest BCUT2D eigenvalue weighted by Gasteiger charge is -2.46. The molecule has 8 N–H and O–H groups in total. The number of aliphatic hydroxyl groups excluding tert-OH is 2. The van der Waals surface area contributed by atoms with E-state index < -0.39 is 77.2 Å². The van der Waals surface area contributed by atoms with Gasteiger partial charge in [0.25, 0.3) is 11.8 Å². The number of amides is 2. The quantitative estimate of drug-likeness (QED) is 0.154. The van der Waals surface area contributed by atoms with Gasteiger partial charge in [-0.05, 0) is 53.5 Å². The molecule has 204 valence electrons. The molecule has 0 aromatic heterocycles. The summed E-state index contributed by atoms with van der Waals surface area (Å²) in [4.78, 5) is 50.7. The first-order valence-corrected chi connectivity index (χ1v) is 12.5. The number of ketones is 2. The van der Waals surface area contributed by atoms with Crippen LogP contribution >= 0.6 is 0 Å². The van der Waals surface area contributed by atoms with E-state index in [0.717, 1.165) is 5.56 Å². The van der Waals surface area contributed by atoms with Crippen LogP contribution in [-0.2, 0) is 32.1 Å².